The van der Waals surface area contributed by atoms with Crippen molar-refractivity contribution < 1.29 is 13.6 Å². The summed E-state index contributed by atoms with van der Waals surface area (Å²) in [4.78, 5) is 13.0. The minimum Gasteiger partial charge on any atom is -0.353 e. The monoisotopic (exact) mass is 343 g/mol. The van der Waals surface area contributed by atoms with Crippen molar-refractivity contribution in [1.82, 2.24) is 5.32 Å². The summed E-state index contributed by atoms with van der Waals surface area (Å²) in [6, 6.07) is 12.7. The normalized spacial score (nSPS) is 17.2. The first-order chi connectivity index (χ1) is 12.0. The van der Waals surface area contributed by atoms with Crippen LogP contribution in [0.25, 0.3) is 0 Å². The van der Waals surface area contributed by atoms with Gasteiger partial charge in [-0.15, -0.1) is 0 Å². The van der Waals surface area contributed by atoms with Crippen LogP contribution in [-0.2, 0) is 16.6 Å². The molecule has 4 heteroatoms. The van der Waals surface area contributed by atoms with Gasteiger partial charge in [-0.05, 0) is 55.5 Å². The van der Waals surface area contributed by atoms with Crippen molar-refractivity contribution in [3.8, 4) is 0 Å². The summed E-state index contributed by atoms with van der Waals surface area (Å²) >= 11 is 0. The van der Waals surface area contributed by atoms with Crippen molar-refractivity contribution in [2.75, 3.05) is 0 Å². The van der Waals surface area contributed by atoms with Gasteiger partial charge >= 0.3 is 0 Å². The van der Waals surface area contributed by atoms with E-state index in [1.807, 2.05) is 13.0 Å². The highest BCUT2D eigenvalue weighted by atomic mass is 19.1. The molecule has 1 aliphatic rings. The quantitative estimate of drug-likeness (QED) is 0.849. The van der Waals surface area contributed by atoms with Gasteiger partial charge in [-0.2, -0.15) is 0 Å². The summed E-state index contributed by atoms with van der Waals surface area (Å²) in [7, 11) is 0. The number of halogens is 2. The van der Waals surface area contributed by atoms with Crippen LogP contribution in [0, 0.1) is 11.6 Å². The van der Waals surface area contributed by atoms with Gasteiger partial charge < -0.3 is 5.32 Å². The minimum atomic E-state index is -0.675. The van der Waals surface area contributed by atoms with E-state index in [-0.39, 0.29) is 23.6 Å². The number of benzene rings is 2. The van der Waals surface area contributed by atoms with Gasteiger partial charge in [0.15, 0.2) is 0 Å². The van der Waals surface area contributed by atoms with Crippen LogP contribution in [0.5, 0.6) is 0 Å². The number of nitrogens with one attached hydrogen (secondary N) is 1. The molecular formula is C21H23F2NO. The second kappa shape index (κ2) is 7.34. The fourth-order valence-corrected chi connectivity index (χ4v) is 3.82. The Morgan fingerprint density at radius 3 is 2.52 bits per heavy atom. The molecule has 0 heterocycles. The maximum absolute atomic E-state index is 13.8. The Bertz CT molecular complexity index is 753. The van der Waals surface area contributed by atoms with E-state index in [1.165, 1.54) is 18.2 Å². The highest BCUT2D eigenvalue weighted by Gasteiger charge is 2.43. The maximum Gasteiger partial charge on any atom is 0.230 e. The fourth-order valence-electron chi connectivity index (χ4n) is 3.82. The van der Waals surface area contributed by atoms with Crippen LogP contribution in [-0.4, -0.2) is 11.9 Å². The van der Waals surface area contributed by atoms with Crippen LogP contribution in [0.1, 0.15) is 43.7 Å². The summed E-state index contributed by atoms with van der Waals surface area (Å²) < 4.78 is 27.5. The summed E-state index contributed by atoms with van der Waals surface area (Å²) in [5.74, 6) is -0.667. The lowest BCUT2D eigenvalue weighted by Crippen LogP contribution is -2.46. The van der Waals surface area contributed by atoms with Crippen molar-refractivity contribution in [2.45, 2.75) is 50.5 Å². The van der Waals surface area contributed by atoms with Crippen molar-refractivity contribution in [1.29, 1.82) is 0 Å². The second-order valence-electron chi connectivity index (χ2n) is 6.97. The van der Waals surface area contributed by atoms with Gasteiger partial charge in [0.2, 0.25) is 5.91 Å². The SMILES string of the molecule is CC(Cc1ccccc1F)NC(=O)C1(c2cccc(F)c2)CCCC1. The third-order valence-electron chi connectivity index (χ3n) is 5.13. The summed E-state index contributed by atoms with van der Waals surface area (Å²) in [5, 5.41) is 3.03. The topological polar surface area (TPSA) is 29.1 Å². The average molecular weight is 343 g/mol. The number of hydrogen-bond donors (Lipinski definition) is 1. The van der Waals surface area contributed by atoms with Gasteiger partial charge in [-0.1, -0.05) is 43.2 Å². The van der Waals surface area contributed by atoms with Crippen LogP contribution in [0.2, 0.25) is 0 Å². The van der Waals surface area contributed by atoms with Crippen molar-refractivity contribution in [3.05, 3.63) is 71.3 Å². The Morgan fingerprint density at radius 1 is 1.12 bits per heavy atom. The molecule has 1 aliphatic carbocycles. The van der Waals surface area contributed by atoms with E-state index in [2.05, 4.69) is 5.32 Å². The first-order valence-corrected chi connectivity index (χ1v) is 8.82. The smallest absolute Gasteiger partial charge is 0.230 e. The van der Waals surface area contributed by atoms with Crippen molar-refractivity contribution in [2.24, 2.45) is 0 Å². The standard InChI is InChI=1S/C21H23F2NO/c1-15(13-16-7-2-3-10-19(16)23)24-20(25)21(11-4-5-12-21)17-8-6-9-18(22)14-17/h2-3,6-10,14-15H,4-5,11-13H2,1H3,(H,24,25). The Kier molecular flexibility index (Phi) is 5.16. The van der Waals surface area contributed by atoms with Gasteiger partial charge in [0.1, 0.15) is 11.6 Å². The van der Waals surface area contributed by atoms with E-state index in [9.17, 15) is 13.6 Å². The highest BCUT2D eigenvalue weighted by molar-refractivity contribution is 5.88. The lowest BCUT2D eigenvalue weighted by atomic mass is 9.77. The molecule has 2 aromatic rings. The maximum atomic E-state index is 13.8. The molecule has 1 atom stereocenters. The summed E-state index contributed by atoms with van der Waals surface area (Å²) in [6.45, 7) is 1.87. The molecule has 2 nitrogen and oxygen atoms in total. The molecule has 0 aromatic heterocycles. The van der Waals surface area contributed by atoms with Crippen molar-refractivity contribution >= 4 is 5.91 Å². The molecule has 0 radical (unpaired) electrons. The molecule has 3 rings (SSSR count). The molecule has 1 saturated carbocycles. The number of amides is 1. The summed E-state index contributed by atoms with van der Waals surface area (Å²) in [6.07, 6.45) is 3.76. The molecule has 132 valence electrons. The zero-order chi connectivity index (χ0) is 17.9. The zero-order valence-corrected chi connectivity index (χ0v) is 14.4. The zero-order valence-electron chi connectivity index (χ0n) is 14.4. The Morgan fingerprint density at radius 2 is 1.84 bits per heavy atom. The van der Waals surface area contributed by atoms with E-state index >= 15 is 0 Å². The van der Waals surface area contributed by atoms with Gasteiger partial charge in [0.05, 0.1) is 5.41 Å². The lowest BCUT2D eigenvalue weighted by molar-refractivity contribution is -0.127. The highest BCUT2D eigenvalue weighted by Crippen LogP contribution is 2.41. The first kappa shape index (κ1) is 17.6. The molecule has 1 unspecified atom stereocenters. The molecule has 2 aromatic carbocycles. The van der Waals surface area contributed by atoms with E-state index < -0.39 is 5.41 Å². The van der Waals surface area contributed by atoms with E-state index in [0.717, 1.165) is 18.4 Å². The molecule has 25 heavy (non-hydrogen) atoms. The van der Waals surface area contributed by atoms with Crippen LogP contribution < -0.4 is 5.32 Å². The predicted octanol–water partition coefficient (Wildman–Crippen LogP) is 4.52. The second-order valence-corrected chi connectivity index (χ2v) is 6.97. The molecule has 0 aliphatic heterocycles. The van der Waals surface area contributed by atoms with E-state index in [1.54, 1.807) is 24.3 Å². The Balaban J connectivity index is 1.76. The van der Waals surface area contributed by atoms with Crippen LogP contribution in [0.15, 0.2) is 48.5 Å². The predicted molar refractivity (Wildman–Crippen MR) is 94.3 cm³/mol. The summed E-state index contributed by atoms with van der Waals surface area (Å²) in [5.41, 5.74) is 0.646. The molecule has 1 fully saturated rings. The van der Waals surface area contributed by atoms with Gasteiger partial charge in [0, 0.05) is 6.04 Å². The molecular weight excluding hydrogens is 320 g/mol. The molecule has 0 bridgehead atoms. The van der Waals surface area contributed by atoms with Crippen LogP contribution >= 0.6 is 0 Å². The van der Waals surface area contributed by atoms with Gasteiger partial charge in [0.25, 0.3) is 0 Å². The minimum absolute atomic E-state index is 0.0839. The Labute approximate surface area is 147 Å². The third-order valence-corrected chi connectivity index (χ3v) is 5.13. The fraction of sp³-hybridized carbons (Fsp3) is 0.381. The van der Waals surface area contributed by atoms with Crippen molar-refractivity contribution in [3.63, 3.8) is 0 Å². The first-order valence-electron chi connectivity index (χ1n) is 8.82. The number of carbonyl (C=O) groups is 1. The average Bonchev–Trinajstić information content (AvgIpc) is 3.08. The molecule has 1 amide bonds. The van der Waals surface area contributed by atoms with Crippen LogP contribution in [0.4, 0.5) is 8.78 Å². The third kappa shape index (κ3) is 3.73. The number of hydrogen-bond acceptors (Lipinski definition) is 1. The van der Waals surface area contributed by atoms with Gasteiger partial charge in [-0.3, -0.25) is 4.79 Å². The van der Waals surface area contributed by atoms with E-state index in [0.29, 0.717) is 24.8 Å². The largest absolute Gasteiger partial charge is 0.353 e. The molecule has 0 saturated heterocycles. The molecule has 0 spiro atoms. The van der Waals surface area contributed by atoms with E-state index in [4.69, 9.17) is 0 Å². The lowest BCUT2D eigenvalue weighted by Gasteiger charge is -2.30. The number of rotatable bonds is 5. The Hall–Kier alpha value is -2.23. The molecule has 1 N–H and O–H groups in total. The van der Waals surface area contributed by atoms with Gasteiger partial charge in [-0.25, -0.2) is 8.78 Å². The van der Waals surface area contributed by atoms with Crippen LogP contribution in [0.3, 0.4) is 0 Å². The number of carbonyl (C=O) groups excluding carboxylic acids is 1.